The Kier molecular flexibility index (Phi) is 4.71. The minimum absolute atomic E-state index is 0.0274. The van der Waals surface area contributed by atoms with Crippen molar-refractivity contribution in [2.75, 3.05) is 0 Å². The van der Waals surface area contributed by atoms with E-state index in [1.807, 2.05) is 20.8 Å². The van der Waals surface area contributed by atoms with Crippen molar-refractivity contribution in [3.63, 3.8) is 0 Å². The smallest absolute Gasteiger partial charge is 0.246 e. The molecule has 1 fully saturated rings. The van der Waals surface area contributed by atoms with E-state index in [0.29, 0.717) is 12.8 Å². The van der Waals surface area contributed by atoms with Gasteiger partial charge in [0.15, 0.2) is 0 Å². The quantitative estimate of drug-likeness (QED) is 0.929. The molecule has 3 atom stereocenters. The number of aryl methyl sites for hydroxylation is 2. The van der Waals surface area contributed by atoms with Gasteiger partial charge in [0.25, 0.3) is 0 Å². The van der Waals surface area contributed by atoms with Gasteiger partial charge in [-0.2, -0.15) is 0 Å². The van der Waals surface area contributed by atoms with Crippen molar-refractivity contribution < 1.29 is 9.59 Å². The van der Waals surface area contributed by atoms with Crippen LogP contribution in [-0.4, -0.2) is 28.8 Å². The lowest BCUT2D eigenvalue weighted by Crippen LogP contribution is -2.63. The summed E-state index contributed by atoms with van der Waals surface area (Å²) >= 11 is 1.74. The molecule has 0 aliphatic carbocycles. The van der Waals surface area contributed by atoms with Crippen molar-refractivity contribution in [3.8, 4) is 0 Å². The third-order valence-electron chi connectivity index (χ3n) is 4.25. The summed E-state index contributed by atoms with van der Waals surface area (Å²) in [4.78, 5) is 29.2. The Morgan fingerprint density at radius 1 is 1.29 bits per heavy atom. The van der Waals surface area contributed by atoms with Crippen molar-refractivity contribution in [3.05, 3.63) is 21.4 Å². The van der Waals surface area contributed by atoms with E-state index in [-0.39, 0.29) is 29.9 Å². The zero-order chi connectivity index (χ0) is 15.7. The number of carbonyl (C=O) groups excluding carboxylic acids is 2. The monoisotopic (exact) mass is 308 g/mol. The summed E-state index contributed by atoms with van der Waals surface area (Å²) in [5, 5.41) is 2.85. The molecular weight excluding hydrogens is 284 g/mol. The fourth-order valence-electron chi connectivity index (χ4n) is 3.12. The van der Waals surface area contributed by atoms with Gasteiger partial charge in [0, 0.05) is 9.75 Å². The van der Waals surface area contributed by atoms with Crippen LogP contribution in [0.5, 0.6) is 0 Å². The Balaban J connectivity index is 2.38. The molecule has 2 rings (SSSR count). The van der Waals surface area contributed by atoms with Crippen molar-refractivity contribution in [2.45, 2.75) is 65.6 Å². The molecule has 4 nitrogen and oxygen atoms in total. The lowest BCUT2D eigenvalue weighted by atomic mass is 9.98. The van der Waals surface area contributed by atoms with Crippen molar-refractivity contribution >= 4 is 23.2 Å². The number of piperazine rings is 1. The fraction of sp³-hybridized carbons (Fsp3) is 0.625. The zero-order valence-electron chi connectivity index (χ0n) is 13.4. The van der Waals surface area contributed by atoms with Crippen LogP contribution in [0.2, 0.25) is 0 Å². The van der Waals surface area contributed by atoms with E-state index in [9.17, 15) is 9.59 Å². The van der Waals surface area contributed by atoms with Gasteiger partial charge in [-0.15, -0.1) is 11.3 Å². The van der Waals surface area contributed by atoms with Gasteiger partial charge in [-0.3, -0.25) is 9.59 Å². The van der Waals surface area contributed by atoms with Gasteiger partial charge in [0.1, 0.15) is 12.1 Å². The highest BCUT2D eigenvalue weighted by atomic mass is 32.1. The number of nitrogens with zero attached hydrogens (tertiary/aromatic N) is 1. The van der Waals surface area contributed by atoms with Crippen LogP contribution in [0, 0.1) is 13.8 Å². The van der Waals surface area contributed by atoms with Crippen LogP contribution in [0.4, 0.5) is 0 Å². The summed E-state index contributed by atoms with van der Waals surface area (Å²) < 4.78 is 0. The second-order valence-corrected chi connectivity index (χ2v) is 7.14. The number of hydrogen-bond acceptors (Lipinski definition) is 3. The molecule has 21 heavy (non-hydrogen) atoms. The summed E-state index contributed by atoms with van der Waals surface area (Å²) in [6.45, 7) is 10.1. The van der Waals surface area contributed by atoms with Gasteiger partial charge in [-0.25, -0.2) is 0 Å². The first kappa shape index (κ1) is 16.0. The number of nitrogens with one attached hydrogen (secondary N) is 1. The van der Waals surface area contributed by atoms with Gasteiger partial charge in [-0.05, 0) is 45.2 Å². The second kappa shape index (κ2) is 6.18. The fourth-order valence-corrected chi connectivity index (χ4v) is 4.14. The molecule has 3 unspecified atom stereocenters. The molecule has 0 spiro atoms. The van der Waals surface area contributed by atoms with E-state index >= 15 is 0 Å². The number of rotatable bonds is 4. The summed E-state index contributed by atoms with van der Waals surface area (Å²) in [6.07, 6.45) is 1.27. The third-order valence-corrected chi connectivity index (χ3v) is 5.23. The SMILES string of the molecule is CCC1NC(=O)C(CC)N(C(C)c2cc(C)sc2C)C1=O. The van der Waals surface area contributed by atoms with Crippen LogP contribution < -0.4 is 5.32 Å². The van der Waals surface area contributed by atoms with Crippen LogP contribution in [0.3, 0.4) is 0 Å². The number of thiophene rings is 1. The van der Waals surface area contributed by atoms with Gasteiger partial charge >= 0.3 is 0 Å². The molecule has 0 bridgehead atoms. The van der Waals surface area contributed by atoms with E-state index in [1.165, 1.54) is 9.75 Å². The first-order valence-electron chi connectivity index (χ1n) is 7.60. The third kappa shape index (κ3) is 2.84. The Bertz CT molecular complexity index is 552. The van der Waals surface area contributed by atoms with E-state index in [0.717, 1.165) is 5.56 Å². The Morgan fingerprint density at radius 2 is 1.95 bits per heavy atom. The average molecular weight is 308 g/mol. The van der Waals surface area contributed by atoms with Gasteiger partial charge in [0.2, 0.25) is 11.8 Å². The van der Waals surface area contributed by atoms with E-state index < -0.39 is 0 Å². The van der Waals surface area contributed by atoms with Crippen molar-refractivity contribution in [1.82, 2.24) is 10.2 Å². The summed E-state index contributed by atoms with van der Waals surface area (Å²) in [5.74, 6) is 0.0140. The van der Waals surface area contributed by atoms with Crippen LogP contribution >= 0.6 is 11.3 Å². The molecule has 2 heterocycles. The molecule has 1 saturated heterocycles. The molecule has 0 saturated carbocycles. The summed E-state index contributed by atoms with van der Waals surface area (Å²) in [6, 6.07) is 1.32. The first-order chi connectivity index (χ1) is 9.90. The van der Waals surface area contributed by atoms with Gasteiger partial charge in [0.05, 0.1) is 6.04 Å². The van der Waals surface area contributed by atoms with Crippen LogP contribution in [0.1, 0.15) is 55.0 Å². The van der Waals surface area contributed by atoms with Crippen LogP contribution in [0.15, 0.2) is 6.07 Å². The lowest BCUT2D eigenvalue weighted by molar-refractivity contribution is -0.152. The number of carbonyl (C=O) groups is 2. The Morgan fingerprint density at radius 3 is 2.43 bits per heavy atom. The lowest BCUT2D eigenvalue weighted by Gasteiger charge is -2.42. The zero-order valence-corrected chi connectivity index (χ0v) is 14.2. The van der Waals surface area contributed by atoms with Crippen LogP contribution in [-0.2, 0) is 9.59 Å². The molecule has 1 aliphatic heterocycles. The normalized spacial score (nSPS) is 24.1. The van der Waals surface area contributed by atoms with E-state index in [1.54, 1.807) is 16.2 Å². The topological polar surface area (TPSA) is 49.4 Å². The van der Waals surface area contributed by atoms with E-state index in [2.05, 4.69) is 25.2 Å². The maximum Gasteiger partial charge on any atom is 0.246 e. The number of hydrogen-bond donors (Lipinski definition) is 1. The molecule has 1 aromatic rings. The van der Waals surface area contributed by atoms with Gasteiger partial charge in [-0.1, -0.05) is 13.8 Å². The predicted octanol–water partition coefficient (Wildman–Crippen LogP) is 2.94. The summed E-state index contributed by atoms with van der Waals surface area (Å²) in [7, 11) is 0. The van der Waals surface area contributed by atoms with Crippen molar-refractivity contribution in [2.24, 2.45) is 0 Å². The molecule has 2 amide bonds. The summed E-state index contributed by atoms with van der Waals surface area (Å²) in [5.41, 5.74) is 1.16. The van der Waals surface area contributed by atoms with Crippen LogP contribution in [0.25, 0.3) is 0 Å². The Labute approximate surface area is 130 Å². The molecule has 0 radical (unpaired) electrons. The molecule has 1 aliphatic rings. The predicted molar refractivity (Wildman–Crippen MR) is 85.4 cm³/mol. The standard InChI is InChI=1S/C16H24N2O2S/c1-6-13-16(20)18(14(7-2)15(19)17-13)10(4)12-8-9(3)21-11(12)5/h8,10,13-14H,6-7H2,1-5H3,(H,17,19). The first-order valence-corrected chi connectivity index (χ1v) is 8.41. The molecule has 116 valence electrons. The highest BCUT2D eigenvalue weighted by Crippen LogP contribution is 2.33. The molecular formula is C16H24N2O2S. The highest BCUT2D eigenvalue weighted by Gasteiger charge is 2.41. The molecule has 1 N–H and O–H groups in total. The minimum atomic E-state index is -0.386. The van der Waals surface area contributed by atoms with Gasteiger partial charge < -0.3 is 10.2 Å². The average Bonchev–Trinajstić information content (AvgIpc) is 2.78. The molecule has 5 heteroatoms. The largest absolute Gasteiger partial charge is 0.343 e. The minimum Gasteiger partial charge on any atom is -0.343 e. The molecule has 0 aromatic carbocycles. The second-order valence-electron chi connectivity index (χ2n) is 5.68. The Hall–Kier alpha value is -1.36. The maximum absolute atomic E-state index is 12.7. The number of amides is 2. The maximum atomic E-state index is 12.7. The van der Waals surface area contributed by atoms with E-state index in [4.69, 9.17) is 0 Å². The highest BCUT2D eigenvalue weighted by molar-refractivity contribution is 7.12. The molecule has 1 aromatic heterocycles. The van der Waals surface area contributed by atoms with Crippen molar-refractivity contribution in [1.29, 1.82) is 0 Å².